The van der Waals surface area contributed by atoms with Crippen LogP contribution in [-0.2, 0) is 11.2 Å². The van der Waals surface area contributed by atoms with Crippen LogP contribution in [-0.4, -0.2) is 40.0 Å². The zero-order chi connectivity index (χ0) is 24.4. The van der Waals surface area contributed by atoms with E-state index >= 15 is 0 Å². The molecule has 0 saturated heterocycles. The third-order valence-electron chi connectivity index (χ3n) is 6.47. The third kappa shape index (κ3) is 4.67. The number of anilines is 1. The summed E-state index contributed by atoms with van der Waals surface area (Å²) in [6, 6.07) is 5.24. The summed E-state index contributed by atoms with van der Waals surface area (Å²) in [7, 11) is 1.67. The Morgan fingerprint density at radius 1 is 1.18 bits per heavy atom. The van der Waals surface area contributed by atoms with Crippen LogP contribution in [0.25, 0.3) is 11.4 Å². The van der Waals surface area contributed by atoms with Crippen molar-refractivity contribution in [3.63, 3.8) is 0 Å². The lowest BCUT2D eigenvalue weighted by Crippen LogP contribution is -2.45. The highest BCUT2D eigenvalue weighted by Gasteiger charge is 2.35. The van der Waals surface area contributed by atoms with Gasteiger partial charge in [0.05, 0.1) is 23.6 Å². The molecular formula is C25H27F2N5O2. The van der Waals surface area contributed by atoms with Crippen LogP contribution in [0.15, 0.2) is 42.9 Å². The van der Waals surface area contributed by atoms with E-state index in [-0.39, 0.29) is 47.6 Å². The number of hydrogen-bond acceptors (Lipinski definition) is 7. The number of hydrogen-bond donors (Lipinski definition) is 2. The number of nitrogens with zero attached hydrogens (tertiary/aromatic N) is 3. The van der Waals surface area contributed by atoms with Crippen molar-refractivity contribution in [2.45, 2.75) is 44.2 Å². The molecule has 2 aromatic heterocycles. The zero-order valence-electron chi connectivity index (χ0n) is 19.0. The van der Waals surface area contributed by atoms with E-state index in [0.717, 1.165) is 36.1 Å². The lowest BCUT2D eigenvalue weighted by atomic mass is 9.73. The molecule has 1 aliphatic rings. The number of halogens is 2. The standard InChI is InChI=1S/C25H27F2N5O2/c1-13-8-14(9-19(28)24(13)34-2)16-6-7-30-11-15(16)10-21(33)23-20(29)12-31-25(32-23)22-17(26)4-3-5-18(22)27/h3-7,11-14,19,24H,8-10,28-29H2,1-2H3/t13-,14+,19+,24+/m0/s1. The molecule has 1 fully saturated rings. The fourth-order valence-electron chi connectivity index (χ4n) is 4.91. The average molecular weight is 468 g/mol. The lowest BCUT2D eigenvalue weighted by Gasteiger charge is -2.38. The minimum Gasteiger partial charge on any atom is -0.396 e. The first-order chi connectivity index (χ1) is 16.3. The second-order valence-corrected chi connectivity index (χ2v) is 8.78. The second kappa shape index (κ2) is 9.90. The van der Waals surface area contributed by atoms with Crippen LogP contribution in [0.1, 0.15) is 47.3 Å². The first kappa shape index (κ1) is 23.8. The van der Waals surface area contributed by atoms with E-state index in [2.05, 4.69) is 21.9 Å². The summed E-state index contributed by atoms with van der Waals surface area (Å²) < 4.78 is 34.0. The molecule has 1 saturated carbocycles. The summed E-state index contributed by atoms with van der Waals surface area (Å²) in [6.07, 6.45) is 6.10. The first-order valence-corrected chi connectivity index (χ1v) is 11.1. The molecule has 4 N–H and O–H groups in total. The molecule has 0 aliphatic heterocycles. The molecule has 178 valence electrons. The summed E-state index contributed by atoms with van der Waals surface area (Å²) in [4.78, 5) is 25.5. The highest BCUT2D eigenvalue weighted by atomic mass is 19.1. The Labute approximate surface area is 196 Å². The van der Waals surface area contributed by atoms with Gasteiger partial charge in [-0.15, -0.1) is 0 Å². The van der Waals surface area contributed by atoms with Crippen LogP contribution in [0, 0.1) is 17.6 Å². The summed E-state index contributed by atoms with van der Waals surface area (Å²) in [5, 5.41) is 0. The molecule has 4 atom stereocenters. The fraction of sp³-hybridized carbons (Fsp3) is 0.360. The first-order valence-electron chi connectivity index (χ1n) is 11.1. The smallest absolute Gasteiger partial charge is 0.187 e. The van der Waals surface area contributed by atoms with Crippen LogP contribution in [0.3, 0.4) is 0 Å². The topological polar surface area (TPSA) is 117 Å². The van der Waals surface area contributed by atoms with E-state index in [9.17, 15) is 13.6 Å². The Morgan fingerprint density at radius 3 is 2.59 bits per heavy atom. The molecule has 1 aliphatic carbocycles. The van der Waals surface area contributed by atoms with E-state index in [4.69, 9.17) is 16.2 Å². The summed E-state index contributed by atoms with van der Waals surface area (Å²) in [6.45, 7) is 2.11. The van der Waals surface area contributed by atoms with Crippen molar-refractivity contribution in [1.29, 1.82) is 0 Å². The maximum absolute atomic E-state index is 14.2. The van der Waals surface area contributed by atoms with E-state index in [1.54, 1.807) is 19.5 Å². The number of nitrogen functional groups attached to an aromatic ring is 1. The van der Waals surface area contributed by atoms with Crippen molar-refractivity contribution >= 4 is 11.5 Å². The van der Waals surface area contributed by atoms with Gasteiger partial charge in [0, 0.05) is 32.0 Å². The van der Waals surface area contributed by atoms with Gasteiger partial charge >= 0.3 is 0 Å². The van der Waals surface area contributed by atoms with Gasteiger partial charge in [-0.25, -0.2) is 18.7 Å². The average Bonchev–Trinajstić information content (AvgIpc) is 2.80. The molecule has 4 rings (SSSR count). The molecule has 0 radical (unpaired) electrons. The third-order valence-corrected chi connectivity index (χ3v) is 6.47. The van der Waals surface area contributed by atoms with Crippen molar-refractivity contribution in [2.75, 3.05) is 12.8 Å². The summed E-state index contributed by atoms with van der Waals surface area (Å²) in [5.74, 6) is -1.88. The maximum atomic E-state index is 14.2. The van der Waals surface area contributed by atoms with Crippen molar-refractivity contribution < 1.29 is 18.3 Å². The van der Waals surface area contributed by atoms with Gasteiger partial charge in [-0.1, -0.05) is 13.0 Å². The Balaban J connectivity index is 1.63. The molecule has 34 heavy (non-hydrogen) atoms. The van der Waals surface area contributed by atoms with Crippen molar-refractivity contribution in [3.05, 3.63) is 71.3 Å². The number of pyridine rings is 1. The minimum atomic E-state index is -0.824. The predicted molar refractivity (Wildman–Crippen MR) is 124 cm³/mol. The quantitative estimate of drug-likeness (QED) is 0.531. The number of nitrogens with two attached hydrogens (primary N) is 2. The van der Waals surface area contributed by atoms with Crippen LogP contribution >= 0.6 is 0 Å². The van der Waals surface area contributed by atoms with Crippen LogP contribution in [0.4, 0.5) is 14.5 Å². The molecule has 0 bridgehead atoms. The molecular weight excluding hydrogens is 440 g/mol. The predicted octanol–water partition coefficient (Wildman–Crippen LogP) is 3.68. The molecule has 0 unspecified atom stereocenters. The van der Waals surface area contributed by atoms with Gasteiger partial charge in [-0.05, 0) is 54.0 Å². The zero-order valence-corrected chi connectivity index (χ0v) is 19.0. The monoisotopic (exact) mass is 467 g/mol. The number of ketones is 1. The molecule has 1 aromatic carbocycles. The van der Waals surface area contributed by atoms with Crippen molar-refractivity contribution in [2.24, 2.45) is 11.7 Å². The maximum Gasteiger partial charge on any atom is 0.187 e. The van der Waals surface area contributed by atoms with Gasteiger partial charge in [-0.2, -0.15) is 0 Å². The number of rotatable bonds is 6. The summed E-state index contributed by atoms with van der Waals surface area (Å²) in [5.41, 5.74) is 13.6. The van der Waals surface area contributed by atoms with Crippen LogP contribution in [0.2, 0.25) is 0 Å². The number of Topliss-reactive ketones (excluding diaryl/α,β-unsaturated/α-hetero) is 1. The number of benzene rings is 1. The largest absolute Gasteiger partial charge is 0.396 e. The van der Waals surface area contributed by atoms with Gasteiger partial charge < -0.3 is 16.2 Å². The molecule has 3 aromatic rings. The van der Waals surface area contributed by atoms with Crippen molar-refractivity contribution in [3.8, 4) is 11.4 Å². The number of ether oxygens (including phenoxy) is 1. The fourth-order valence-corrected chi connectivity index (χ4v) is 4.91. The Bertz CT molecular complexity index is 1170. The Hall–Kier alpha value is -3.30. The van der Waals surface area contributed by atoms with E-state index in [1.807, 2.05) is 6.07 Å². The number of methoxy groups -OCH3 is 1. The highest BCUT2D eigenvalue weighted by Crippen LogP contribution is 2.38. The summed E-state index contributed by atoms with van der Waals surface area (Å²) >= 11 is 0. The molecule has 9 heteroatoms. The van der Waals surface area contributed by atoms with E-state index in [0.29, 0.717) is 0 Å². The van der Waals surface area contributed by atoms with Crippen molar-refractivity contribution in [1.82, 2.24) is 15.0 Å². The van der Waals surface area contributed by atoms with Gasteiger partial charge in [0.2, 0.25) is 0 Å². The molecule has 0 spiro atoms. The van der Waals surface area contributed by atoms with Gasteiger partial charge in [0.1, 0.15) is 17.3 Å². The normalized spacial score (nSPS) is 22.5. The lowest BCUT2D eigenvalue weighted by molar-refractivity contribution is 0.00970. The number of carbonyl (C=O) groups is 1. The van der Waals surface area contributed by atoms with E-state index in [1.165, 1.54) is 12.3 Å². The van der Waals surface area contributed by atoms with Gasteiger partial charge in [0.15, 0.2) is 11.6 Å². The Kier molecular flexibility index (Phi) is 6.95. The molecule has 2 heterocycles. The molecule has 7 nitrogen and oxygen atoms in total. The van der Waals surface area contributed by atoms with E-state index < -0.39 is 23.0 Å². The van der Waals surface area contributed by atoms with Crippen LogP contribution < -0.4 is 11.5 Å². The van der Waals surface area contributed by atoms with Crippen LogP contribution in [0.5, 0.6) is 0 Å². The SMILES string of the molecule is CO[C@H]1[C@H](N)C[C@H](c2ccncc2CC(=O)c2nc(-c3c(F)cccc3F)ncc2N)C[C@@H]1C. The van der Waals surface area contributed by atoms with Gasteiger partial charge in [0.25, 0.3) is 0 Å². The second-order valence-electron chi connectivity index (χ2n) is 8.78. The number of carbonyl (C=O) groups excluding carboxylic acids is 1. The minimum absolute atomic E-state index is 0.0128. The number of aromatic nitrogens is 3. The Morgan fingerprint density at radius 2 is 1.91 bits per heavy atom. The van der Waals surface area contributed by atoms with Gasteiger partial charge in [-0.3, -0.25) is 9.78 Å². The molecule has 0 amide bonds. The highest BCUT2D eigenvalue weighted by molar-refractivity contribution is 6.00.